The second-order valence-electron chi connectivity index (χ2n) is 9.27. The molecular weight excluding hydrogens is 582 g/mol. The van der Waals surface area contributed by atoms with E-state index in [2.05, 4.69) is 15.3 Å². The van der Waals surface area contributed by atoms with E-state index in [0.29, 0.717) is 10.6 Å². The number of nitrogens with two attached hydrogens (primary N) is 1. The number of aromatic nitrogens is 1. The van der Waals surface area contributed by atoms with Gasteiger partial charge in [0.25, 0.3) is 0 Å². The van der Waals surface area contributed by atoms with Crippen molar-refractivity contribution in [1.29, 1.82) is 0 Å². The minimum absolute atomic E-state index is 0.0307. The number of amidine groups is 1. The molecule has 0 aliphatic carbocycles. The van der Waals surface area contributed by atoms with Crippen LogP contribution in [-0.2, 0) is 9.47 Å². The fraction of sp³-hybridized carbons (Fsp3) is 0.250. The van der Waals surface area contributed by atoms with Gasteiger partial charge in [-0.2, -0.15) is 8.78 Å². The van der Waals surface area contributed by atoms with Gasteiger partial charge in [-0.3, -0.25) is 4.99 Å². The molecule has 2 aromatic carbocycles. The summed E-state index contributed by atoms with van der Waals surface area (Å²) in [5, 5.41) is 5.37. The summed E-state index contributed by atoms with van der Waals surface area (Å²) in [6.45, 7) is -3.65. The molecule has 0 spiro atoms. The van der Waals surface area contributed by atoms with Gasteiger partial charge in [0.05, 0.1) is 13.2 Å². The summed E-state index contributed by atoms with van der Waals surface area (Å²) in [5.74, 6) is -0.293. The van der Waals surface area contributed by atoms with E-state index in [1.165, 1.54) is 23.5 Å². The predicted octanol–water partition coefficient (Wildman–Crippen LogP) is 6.26. The summed E-state index contributed by atoms with van der Waals surface area (Å²) in [7, 11) is 0. The Morgan fingerprint density at radius 3 is 2.61 bits per heavy atom. The van der Waals surface area contributed by atoms with Crippen LogP contribution in [0.1, 0.15) is 34.9 Å². The van der Waals surface area contributed by atoms with E-state index < -0.39 is 30.4 Å². The number of aliphatic imine (C=N–C) groups is 2. The number of alkyl halides is 3. The van der Waals surface area contributed by atoms with Crippen LogP contribution in [-0.4, -0.2) is 42.5 Å². The molecule has 2 aliphatic rings. The number of nitrogens with one attached hydrogen (secondary N) is 1. The van der Waals surface area contributed by atoms with E-state index in [1.807, 2.05) is 30.3 Å². The summed E-state index contributed by atoms with van der Waals surface area (Å²) in [6, 6.07) is 11.9. The first-order valence-electron chi connectivity index (χ1n) is 12.4. The van der Waals surface area contributed by atoms with Crippen molar-refractivity contribution < 1.29 is 27.0 Å². The number of hydrogen-bond donors (Lipinski definition) is 2. The van der Waals surface area contributed by atoms with Crippen LogP contribution in [0.2, 0.25) is 5.02 Å². The maximum Gasteiger partial charge on any atom is 0.331 e. The lowest BCUT2D eigenvalue weighted by Crippen LogP contribution is -2.44. The minimum Gasteiger partial charge on any atom is -0.404 e. The van der Waals surface area contributed by atoms with Crippen LogP contribution in [0.5, 0.6) is 0 Å². The number of halogens is 5. The number of thiazole rings is 1. The molecule has 13 heteroatoms. The third-order valence-electron chi connectivity index (χ3n) is 6.39. The van der Waals surface area contributed by atoms with Crippen LogP contribution in [0.15, 0.2) is 93.1 Å². The molecule has 0 saturated carbocycles. The van der Waals surface area contributed by atoms with E-state index in [0.717, 1.165) is 24.0 Å². The molecule has 41 heavy (non-hydrogen) atoms. The highest BCUT2D eigenvalue weighted by molar-refractivity contribution is 7.11. The van der Waals surface area contributed by atoms with Crippen LogP contribution < -0.4 is 11.1 Å². The van der Waals surface area contributed by atoms with Gasteiger partial charge in [0, 0.05) is 57.8 Å². The van der Waals surface area contributed by atoms with Crippen molar-refractivity contribution in [2.75, 3.05) is 13.2 Å². The number of benzene rings is 2. The summed E-state index contributed by atoms with van der Waals surface area (Å²) in [5.41, 5.74) is 5.46. The zero-order valence-electron chi connectivity index (χ0n) is 21.3. The topological polar surface area (TPSA) is 94.1 Å². The highest BCUT2D eigenvalue weighted by atomic mass is 35.5. The fourth-order valence-corrected chi connectivity index (χ4v) is 5.43. The van der Waals surface area contributed by atoms with Crippen molar-refractivity contribution in [2.24, 2.45) is 15.7 Å². The SMILES string of the molecule is NC=C(C=NC(F)F)C1=C(CC2(F)COC(c3ccccc3)OC2)NC(c2nccs2)=N[C@H]1c1ccc(F)cc1Cl. The van der Waals surface area contributed by atoms with E-state index in [4.69, 9.17) is 31.8 Å². The van der Waals surface area contributed by atoms with Gasteiger partial charge in [-0.1, -0.05) is 48.0 Å². The van der Waals surface area contributed by atoms with Gasteiger partial charge in [-0.25, -0.2) is 18.8 Å². The standard InChI is InChI=1S/C28H24ClF4N5O2S/c29-20-10-18(30)6-7-19(20)23-22(17(12-34)13-36-27(31)32)21(37-24(38-23)25-35-8-9-41-25)11-28(33)14-39-26(40-15-28)16-4-2-1-3-5-16/h1-10,12-13,23,26-27H,11,14-15,34H2,(H,37,38)/t23-,26?,28?/m0/s1. The van der Waals surface area contributed by atoms with Gasteiger partial charge < -0.3 is 20.5 Å². The Bertz CT molecular complexity index is 1490. The molecular formula is C28H24ClF4N5O2S. The summed E-state index contributed by atoms with van der Waals surface area (Å²) in [6.07, 6.45) is 2.49. The van der Waals surface area contributed by atoms with Crippen molar-refractivity contribution in [3.05, 3.63) is 110 Å². The number of nitrogens with zero attached hydrogens (tertiary/aromatic N) is 3. The zero-order chi connectivity index (χ0) is 29.0. The zero-order valence-corrected chi connectivity index (χ0v) is 22.9. The third kappa shape index (κ3) is 6.67. The first-order chi connectivity index (χ1) is 19.8. The van der Waals surface area contributed by atoms with Crippen molar-refractivity contribution in [2.45, 2.75) is 31.0 Å². The smallest absolute Gasteiger partial charge is 0.331 e. The van der Waals surface area contributed by atoms with E-state index in [-0.39, 0.29) is 47.3 Å². The fourth-order valence-electron chi connectivity index (χ4n) is 4.57. The first-order valence-corrected chi connectivity index (χ1v) is 13.7. The third-order valence-corrected chi connectivity index (χ3v) is 7.49. The van der Waals surface area contributed by atoms with Gasteiger partial charge in [0.1, 0.15) is 11.9 Å². The molecule has 7 nitrogen and oxygen atoms in total. The molecule has 0 unspecified atom stereocenters. The molecule has 1 aromatic heterocycles. The molecule has 3 N–H and O–H groups in total. The number of hydrogen-bond acceptors (Lipinski definition) is 8. The lowest BCUT2D eigenvalue weighted by molar-refractivity contribution is -0.237. The summed E-state index contributed by atoms with van der Waals surface area (Å²) < 4.78 is 68.0. The van der Waals surface area contributed by atoms with E-state index >= 15 is 4.39 Å². The van der Waals surface area contributed by atoms with Crippen LogP contribution in [0.3, 0.4) is 0 Å². The normalized spacial score (nSPS) is 23.7. The Hall–Kier alpha value is -3.58. The minimum atomic E-state index is -3.02. The molecule has 0 radical (unpaired) electrons. The van der Waals surface area contributed by atoms with Gasteiger partial charge in [-0.05, 0) is 17.7 Å². The Kier molecular flexibility index (Phi) is 8.83. The van der Waals surface area contributed by atoms with E-state index in [9.17, 15) is 13.2 Å². The molecule has 1 fully saturated rings. The van der Waals surface area contributed by atoms with Crippen LogP contribution in [0, 0.1) is 5.82 Å². The average Bonchev–Trinajstić information content (AvgIpc) is 3.50. The quantitative estimate of drug-likeness (QED) is 0.180. The van der Waals surface area contributed by atoms with Gasteiger partial charge >= 0.3 is 6.55 Å². The lowest BCUT2D eigenvalue weighted by atomic mass is 9.87. The number of ether oxygens (including phenoxy) is 2. The van der Waals surface area contributed by atoms with Gasteiger partial charge in [0.2, 0.25) is 0 Å². The molecule has 1 saturated heterocycles. The summed E-state index contributed by atoms with van der Waals surface area (Å²) >= 11 is 7.71. The van der Waals surface area contributed by atoms with Gasteiger partial charge in [0.15, 0.2) is 22.8 Å². The largest absolute Gasteiger partial charge is 0.404 e. The average molecular weight is 606 g/mol. The van der Waals surface area contributed by atoms with Crippen LogP contribution in [0.25, 0.3) is 0 Å². The maximum atomic E-state index is 16.4. The predicted molar refractivity (Wildman–Crippen MR) is 149 cm³/mol. The highest BCUT2D eigenvalue weighted by Gasteiger charge is 2.41. The van der Waals surface area contributed by atoms with Gasteiger partial charge in [-0.15, -0.1) is 11.3 Å². The first kappa shape index (κ1) is 28.9. The van der Waals surface area contributed by atoms with E-state index in [1.54, 1.807) is 11.6 Å². The Morgan fingerprint density at radius 1 is 1.22 bits per heavy atom. The molecule has 1 atom stereocenters. The van der Waals surface area contributed by atoms with Crippen LogP contribution in [0.4, 0.5) is 17.6 Å². The molecule has 2 aliphatic heterocycles. The summed E-state index contributed by atoms with van der Waals surface area (Å²) in [4.78, 5) is 12.2. The second-order valence-corrected chi connectivity index (χ2v) is 10.6. The molecule has 214 valence electrons. The molecule has 0 amide bonds. The van der Waals surface area contributed by atoms with Crippen molar-refractivity contribution >= 4 is 35.0 Å². The molecule has 5 rings (SSSR count). The van der Waals surface area contributed by atoms with Crippen molar-refractivity contribution in [1.82, 2.24) is 10.3 Å². The molecule has 3 heterocycles. The maximum absolute atomic E-state index is 16.4. The van der Waals surface area contributed by atoms with Crippen molar-refractivity contribution in [3.8, 4) is 0 Å². The van der Waals surface area contributed by atoms with Crippen LogP contribution >= 0.6 is 22.9 Å². The Morgan fingerprint density at radius 2 is 1.98 bits per heavy atom. The monoisotopic (exact) mass is 605 g/mol. The lowest BCUT2D eigenvalue weighted by Gasteiger charge is -2.37. The number of rotatable bonds is 8. The second kappa shape index (κ2) is 12.5. The molecule has 0 bridgehead atoms. The Balaban J connectivity index is 1.57. The molecule has 3 aromatic rings. The highest BCUT2D eigenvalue weighted by Crippen LogP contribution is 2.42. The number of allylic oxidation sites excluding steroid dienone is 1. The Labute approximate surface area is 242 Å². The van der Waals surface area contributed by atoms with Crippen molar-refractivity contribution in [3.63, 3.8) is 0 Å².